The van der Waals surface area contributed by atoms with Crippen molar-refractivity contribution in [3.05, 3.63) is 90.0 Å². The number of hydrogen-bond acceptors (Lipinski definition) is 7. The molecule has 0 radical (unpaired) electrons. The van der Waals surface area contributed by atoms with Gasteiger partial charge in [0.15, 0.2) is 5.65 Å². The summed E-state index contributed by atoms with van der Waals surface area (Å²) in [5.74, 6) is 0.449. The maximum Gasteiger partial charge on any atom is 0.257 e. The summed E-state index contributed by atoms with van der Waals surface area (Å²) in [6, 6.07) is 25.4. The number of amides is 2. The van der Waals surface area contributed by atoms with E-state index in [2.05, 4.69) is 33.0 Å². The topological polar surface area (TPSA) is 93.5 Å². The summed E-state index contributed by atoms with van der Waals surface area (Å²) in [5.41, 5.74) is 4.22. The molecule has 0 bridgehead atoms. The van der Waals surface area contributed by atoms with Gasteiger partial charge in [0.25, 0.3) is 5.91 Å². The first kappa shape index (κ1) is 27.7. The van der Waals surface area contributed by atoms with Gasteiger partial charge in [-0.05, 0) is 37.6 Å². The lowest BCUT2D eigenvalue weighted by Gasteiger charge is -2.40. The summed E-state index contributed by atoms with van der Waals surface area (Å²) in [4.78, 5) is 35.3. The number of rotatable bonds is 7. The molecule has 10 heteroatoms. The highest BCUT2D eigenvalue weighted by Crippen LogP contribution is 2.30. The van der Waals surface area contributed by atoms with Crippen LogP contribution >= 0.6 is 11.8 Å². The maximum atomic E-state index is 13.5. The third-order valence-corrected chi connectivity index (χ3v) is 8.64. The number of aromatic nitrogens is 4. The number of benzene rings is 3. The molecule has 3 aromatic carbocycles. The number of nitrogens with zero attached hydrogens (tertiary/aromatic N) is 6. The number of thioether (sulfide) groups is 1. The fraction of sp³-hybridized carbons (Fsp3) is 0.281. The van der Waals surface area contributed by atoms with Crippen molar-refractivity contribution >= 4 is 45.6 Å². The zero-order chi connectivity index (χ0) is 29.2. The number of para-hydroxylation sites is 2. The molecule has 9 nitrogen and oxygen atoms in total. The fourth-order valence-electron chi connectivity index (χ4n) is 5.57. The van der Waals surface area contributed by atoms with E-state index in [9.17, 15) is 9.59 Å². The van der Waals surface area contributed by atoms with Crippen molar-refractivity contribution in [1.82, 2.24) is 29.5 Å². The molecule has 1 aliphatic rings. The van der Waals surface area contributed by atoms with Crippen LogP contribution in [0.1, 0.15) is 29.8 Å². The Morgan fingerprint density at radius 2 is 1.71 bits per heavy atom. The van der Waals surface area contributed by atoms with Gasteiger partial charge in [-0.2, -0.15) is 0 Å². The molecule has 3 heterocycles. The Hall–Kier alpha value is -4.44. The third-order valence-electron chi connectivity index (χ3n) is 7.71. The first-order valence-corrected chi connectivity index (χ1v) is 14.9. The van der Waals surface area contributed by atoms with Crippen LogP contribution in [0.5, 0.6) is 5.75 Å². The van der Waals surface area contributed by atoms with Crippen molar-refractivity contribution in [2.75, 3.05) is 26.7 Å². The van der Waals surface area contributed by atoms with Gasteiger partial charge in [0.2, 0.25) is 11.1 Å². The van der Waals surface area contributed by atoms with Crippen LogP contribution in [-0.4, -0.2) is 79.4 Å². The number of fused-ring (bicyclic) bond motifs is 3. The van der Waals surface area contributed by atoms with E-state index in [4.69, 9.17) is 9.72 Å². The van der Waals surface area contributed by atoms with E-state index in [0.29, 0.717) is 42.6 Å². The van der Waals surface area contributed by atoms with E-state index in [1.807, 2.05) is 72.2 Å². The Morgan fingerprint density at radius 1 is 0.976 bits per heavy atom. The van der Waals surface area contributed by atoms with Crippen molar-refractivity contribution in [2.24, 2.45) is 0 Å². The van der Waals surface area contributed by atoms with Gasteiger partial charge in [-0.3, -0.25) is 9.59 Å². The number of piperazine rings is 1. The van der Waals surface area contributed by atoms with Gasteiger partial charge in [0.05, 0.1) is 23.4 Å². The lowest BCUT2D eigenvalue weighted by atomic mass is 10.1. The zero-order valence-corrected chi connectivity index (χ0v) is 24.6. The predicted octanol–water partition coefficient (Wildman–Crippen LogP) is 4.89. The van der Waals surface area contributed by atoms with Crippen LogP contribution < -0.4 is 4.74 Å². The summed E-state index contributed by atoms with van der Waals surface area (Å²) in [5, 5.41) is 9.98. The first-order valence-electron chi connectivity index (χ1n) is 14.0. The number of ether oxygens (including phenoxy) is 1. The molecule has 6 rings (SSSR count). The highest BCUT2D eigenvalue weighted by atomic mass is 32.2. The minimum absolute atomic E-state index is 0.00948. The predicted molar refractivity (Wildman–Crippen MR) is 164 cm³/mol. The molecule has 2 amide bonds. The number of hydrogen-bond donors (Lipinski definition) is 0. The molecule has 214 valence electrons. The molecule has 2 atom stereocenters. The van der Waals surface area contributed by atoms with Gasteiger partial charge in [-0.1, -0.05) is 72.4 Å². The van der Waals surface area contributed by atoms with Crippen LogP contribution in [0.15, 0.2) is 84.0 Å². The first-order chi connectivity index (χ1) is 20.4. The molecule has 1 fully saturated rings. The number of carbonyl (C=O) groups is 2. The highest BCUT2D eigenvalue weighted by Gasteiger charge is 2.33. The molecular formula is C32H32N6O3S. The van der Waals surface area contributed by atoms with E-state index in [0.717, 1.165) is 27.6 Å². The van der Waals surface area contributed by atoms with Crippen molar-refractivity contribution in [3.63, 3.8) is 0 Å². The quantitative estimate of drug-likeness (QED) is 0.253. The summed E-state index contributed by atoms with van der Waals surface area (Å²) in [6.45, 7) is 5.85. The number of carbonyl (C=O) groups excluding carboxylic acids is 2. The second-order valence-corrected chi connectivity index (χ2v) is 11.8. The van der Waals surface area contributed by atoms with Gasteiger partial charge >= 0.3 is 0 Å². The monoisotopic (exact) mass is 580 g/mol. The van der Waals surface area contributed by atoms with Crippen molar-refractivity contribution < 1.29 is 14.3 Å². The van der Waals surface area contributed by atoms with E-state index in [1.54, 1.807) is 19.2 Å². The molecule has 2 unspecified atom stereocenters. The number of methoxy groups -OCH3 is 1. The standard InChI is InChI=1S/C32H32N6O3S/c1-21-19-36(17-18-37(21)31(40)25-14-8-10-16-27(25)41-3)30(39)22(2)42-32-33-29-28(34-35-32)24-13-7-9-15-26(24)38(29)20-23-11-5-4-6-12-23/h4-16,21-22H,17-20H2,1-3H3. The molecule has 0 saturated carbocycles. The third kappa shape index (κ3) is 5.30. The Balaban J connectivity index is 1.18. The second kappa shape index (κ2) is 11.8. The Morgan fingerprint density at radius 3 is 2.50 bits per heavy atom. The van der Waals surface area contributed by atoms with E-state index in [-0.39, 0.29) is 17.9 Å². The fourth-order valence-corrected chi connectivity index (χ4v) is 6.36. The molecule has 1 saturated heterocycles. The lowest BCUT2D eigenvalue weighted by Crippen LogP contribution is -2.56. The minimum Gasteiger partial charge on any atom is -0.496 e. The van der Waals surface area contributed by atoms with Gasteiger partial charge in [0.1, 0.15) is 11.3 Å². The van der Waals surface area contributed by atoms with Gasteiger partial charge in [-0.15, -0.1) is 10.2 Å². The molecular weight excluding hydrogens is 548 g/mol. The van der Waals surface area contributed by atoms with Gasteiger partial charge < -0.3 is 19.1 Å². The van der Waals surface area contributed by atoms with Crippen LogP contribution in [0.25, 0.3) is 22.1 Å². The molecule has 2 aromatic heterocycles. The highest BCUT2D eigenvalue weighted by molar-refractivity contribution is 8.00. The smallest absolute Gasteiger partial charge is 0.257 e. The van der Waals surface area contributed by atoms with Crippen LogP contribution in [0.2, 0.25) is 0 Å². The summed E-state index contributed by atoms with van der Waals surface area (Å²) < 4.78 is 7.55. The molecule has 1 aliphatic heterocycles. The molecule has 42 heavy (non-hydrogen) atoms. The van der Waals surface area contributed by atoms with E-state index < -0.39 is 5.25 Å². The molecule has 0 aliphatic carbocycles. The van der Waals surface area contributed by atoms with Crippen LogP contribution in [-0.2, 0) is 11.3 Å². The normalized spacial score (nSPS) is 16.1. The van der Waals surface area contributed by atoms with E-state index in [1.165, 1.54) is 11.8 Å². The molecule has 0 spiro atoms. The van der Waals surface area contributed by atoms with Crippen LogP contribution in [0, 0.1) is 0 Å². The summed E-state index contributed by atoms with van der Waals surface area (Å²) in [7, 11) is 1.56. The van der Waals surface area contributed by atoms with Gasteiger partial charge in [-0.25, -0.2) is 4.98 Å². The minimum atomic E-state index is -0.417. The summed E-state index contributed by atoms with van der Waals surface area (Å²) >= 11 is 1.31. The second-order valence-electron chi connectivity index (χ2n) is 10.4. The van der Waals surface area contributed by atoms with Crippen molar-refractivity contribution in [2.45, 2.75) is 36.8 Å². The average molecular weight is 581 g/mol. The Kier molecular flexibility index (Phi) is 7.80. The lowest BCUT2D eigenvalue weighted by molar-refractivity contribution is -0.132. The molecule has 0 N–H and O–H groups in total. The van der Waals surface area contributed by atoms with E-state index >= 15 is 0 Å². The zero-order valence-electron chi connectivity index (χ0n) is 23.8. The van der Waals surface area contributed by atoms with Crippen LogP contribution in [0.3, 0.4) is 0 Å². The molecule has 5 aromatic rings. The van der Waals surface area contributed by atoms with Crippen molar-refractivity contribution in [1.29, 1.82) is 0 Å². The summed E-state index contributed by atoms with van der Waals surface area (Å²) in [6.07, 6.45) is 0. The largest absolute Gasteiger partial charge is 0.496 e. The van der Waals surface area contributed by atoms with Gasteiger partial charge in [0, 0.05) is 37.6 Å². The Bertz CT molecular complexity index is 1760. The maximum absolute atomic E-state index is 13.5. The Labute approximate surface area is 248 Å². The van der Waals surface area contributed by atoms with Crippen LogP contribution in [0.4, 0.5) is 0 Å². The average Bonchev–Trinajstić information content (AvgIpc) is 3.33. The SMILES string of the molecule is COc1ccccc1C(=O)N1CCN(C(=O)C(C)Sc2nnc3c4ccccc4n(Cc4ccccc4)c3n2)CC1C. The van der Waals surface area contributed by atoms with Crippen molar-refractivity contribution in [3.8, 4) is 5.75 Å².